The SMILES string of the molecule is C.CC(C)c1nc2ccccc2n1-c1ccccc1. The van der Waals surface area contributed by atoms with E-state index in [4.69, 9.17) is 4.98 Å². The second kappa shape index (κ2) is 5.27. The molecule has 1 aromatic heterocycles. The lowest BCUT2D eigenvalue weighted by atomic mass is 10.2. The van der Waals surface area contributed by atoms with Crippen LogP contribution in [0.1, 0.15) is 33.0 Å². The van der Waals surface area contributed by atoms with Crippen molar-refractivity contribution in [2.24, 2.45) is 0 Å². The fraction of sp³-hybridized carbons (Fsp3) is 0.235. The van der Waals surface area contributed by atoms with Crippen molar-refractivity contribution >= 4 is 11.0 Å². The van der Waals surface area contributed by atoms with E-state index in [9.17, 15) is 0 Å². The van der Waals surface area contributed by atoms with Gasteiger partial charge in [0.15, 0.2) is 0 Å². The molecule has 0 unspecified atom stereocenters. The smallest absolute Gasteiger partial charge is 0.117 e. The Labute approximate surface area is 114 Å². The molecule has 0 bridgehead atoms. The zero-order chi connectivity index (χ0) is 12.5. The number of rotatable bonds is 2. The summed E-state index contributed by atoms with van der Waals surface area (Å²) in [5.74, 6) is 1.51. The lowest BCUT2D eigenvalue weighted by Crippen LogP contribution is -2.02. The van der Waals surface area contributed by atoms with Crippen LogP contribution in [0.2, 0.25) is 0 Å². The molecule has 0 fully saturated rings. The number of imidazole rings is 1. The van der Waals surface area contributed by atoms with Crippen molar-refractivity contribution in [1.29, 1.82) is 0 Å². The van der Waals surface area contributed by atoms with Gasteiger partial charge in [0.2, 0.25) is 0 Å². The first-order chi connectivity index (χ1) is 8.77. The Morgan fingerprint density at radius 1 is 0.895 bits per heavy atom. The molecule has 0 aliphatic carbocycles. The molecule has 0 saturated carbocycles. The summed E-state index contributed by atoms with van der Waals surface area (Å²) in [7, 11) is 0. The van der Waals surface area contributed by atoms with Crippen molar-refractivity contribution in [1.82, 2.24) is 9.55 Å². The molecule has 0 atom stereocenters. The van der Waals surface area contributed by atoms with E-state index in [-0.39, 0.29) is 7.43 Å². The lowest BCUT2D eigenvalue weighted by Gasteiger charge is -2.11. The average Bonchev–Trinajstić information content (AvgIpc) is 2.79. The van der Waals surface area contributed by atoms with Gasteiger partial charge in [-0.1, -0.05) is 51.6 Å². The van der Waals surface area contributed by atoms with E-state index in [2.05, 4.69) is 60.9 Å². The molecular weight excluding hydrogens is 232 g/mol. The Morgan fingerprint density at radius 3 is 2.21 bits per heavy atom. The predicted molar refractivity (Wildman–Crippen MR) is 81.9 cm³/mol. The van der Waals surface area contributed by atoms with Crippen LogP contribution in [0.5, 0.6) is 0 Å². The van der Waals surface area contributed by atoms with Gasteiger partial charge >= 0.3 is 0 Å². The molecule has 3 aromatic rings. The van der Waals surface area contributed by atoms with Crippen molar-refractivity contribution in [3.63, 3.8) is 0 Å². The van der Waals surface area contributed by atoms with Crippen molar-refractivity contribution in [2.75, 3.05) is 0 Å². The van der Waals surface area contributed by atoms with E-state index in [0.717, 1.165) is 11.3 Å². The molecule has 0 amide bonds. The van der Waals surface area contributed by atoms with E-state index >= 15 is 0 Å². The maximum atomic E-state index is 4.75. The molecule has 19 heavy (non-hydrogen) atoms. The van der Waals surface area contributed by atoms with Crippen LogP contribution in [-0.2, 0) is 0 Å². The summed E-state index contributed by atoms with van der Waals surface area (Å²) in [4.78, 5) is 4.75. The van der Waals surface area contributed by atoms with Crippen molar-refractivity contribution in [3.8, 4) is 5.69 Å². The van der Waals surface area contributed by atoms with Gasteiger partial charge in [-0.3, -0.25) is 4.57 Å². The fourth-order valence-corrected chi connectivity index (χ4v) is 2.28. The molecular formula is C17H20N2. The van der Waals surface area contributed by atoms with Gasteiger partial charge < -0.3 is 0 Å². The average molecular weight is 252 g/mol. The molecule has 2 aromatic carbocycles. The summed E-state index contributed by atoms with van der Waals surface area (Å²) in [5, 5.41) is 0. The normalized spacial score (nSPS) is 10.7. The Morgan fingerprint density at radius 2 is 1.53 bits per heavy atom. The van der Waals surface area contributed by atoms with Crippen LogP contribution in [0.3, 0.4) is 0 Å². The number of hydrogen-bond donors (Lipinski definition) is 0. The van der Waals surface area contributed by atoms with Gasteiger partial charge in [0.25, 0.3) is 0 Å². The monoisotopic (exact) mass is 252 g/mol. The summed E-state index contributed by atoms with van der Waals surface area (Å²) in [6.07, 6.45) is 0. The number of nitrogens with zero attached hydrogens (tertiary/aromatic N) is 2. The third-order valence-electron chi connectivity index (χ3n) is 3.12. The van der Waals surface area contributed by atoms with E-state index in [0.29, 0.717) is 5.92 Å². The third-order valence-corrected chi connectivity index (χ3v) is 3.12. The highest BCUT2D eigenvalue weighted by Crippen LogP contribution is 2.25. The van der Waals surface area contributed by atoms with Crippen molar-refractivity contribution in [2.45, 2.75) is 27.2 Å². The summed E-state index contributed by atoms with van der Waals surface area (Å²) >= 11 is 0. The zero-order valence-corrected chi connectivity index (χ0v) is 10.7. The maximum absolute atomic E-state index is 4.75. The molecule has 0 spiro atoms. The molecule has 0 N–H and O–H groups in total. The number of benzene rings is 2. The Kier molecular flexibility index (Phi) is 3.70. The Bertz CT molecular complexity index is 666. The van der Waals surface area contributed by atoms with Crippen LogP contribution >= 0.6 is 0 Å². The van der Waals surface area contributed by atoms with Gasteiger partial charge in [-0.05, 0) is 24.3 Å². The van der Waals surface area contributed by atoms with Gasteiger partial charge in [-0.25, -0.2) is 4.98 Å². The quantitative estimate of drug-likeness (QED) is 0.641. The molecule has 0 radical (unpaired) electrons. The number of aromatic nitrogens is 2. The van der Waals surface area contributed by atoms with Crippen molar-refractivity contribution in [3.05, 3.63) is 60.4 Å². The Balaban J connectivity index is 0.00000133. The van der Waals surface area contributed by atoms with Gasteiger partial charge in [-0.2, -0.15) is 0 Å². The first-order valence-electron chi connectivity index (χ1n) is 6.30. The fourth-order valence-electron chi connectivity index (χ4n) is 2.28. The molecule has 1 heterocycles. The van der Waals surface area contributed by atoms with Crippen LogP contribution in [0.25, 0.3) is 16.7 Å². The van der Waals surface area contributed by atoms with Crippen LogP contribution in [0.15, 0.2) is 54.6 Å². The highest BCUT2D eigenvalue weighted by Gasteiger charge is 2.14. The number of fused-ring (bicyclic) bond motifs is 1. The Hall–Kier alpha value is -2.09. The van der Waals surface area contributed by atoms with Crippen LogP contribution < -0.4 is 0 Å². The van der Waals surface area contributed by atoms with E-state index in [1.165, 1.54) is 11.2 Å². The van der Waals surface area contributed by atoms with Gasteiger partial charge in [-0.15, -0.1) is 0 Å². The van der Waals surface area contributed by atoms with Gasteiger partial charge in [0.1, 0.15) is 5.82 Å². The van der Waals surface area contributed by atoms with Crippen LogP contribution in [0, 0.1) is 0 Å². The molecule has 0 aliphatic heterocycles. The maximum Gasteiger partial charge on any atom is 0.117 e. The van der Waals surface area contributed by atoms with Crippen molar-refractivity contribution < 1.29 is 0 Å². The molecule has 3 rings (SSSR count). The largest absolute Gasteiger partial charge is 0.296 e. The summed E-state index contributed by atoms with van der Waals surface area (Å²) < 4.78 is 2.25. The molecule has 0 saturated heterocycles. The minimum atomic E-state index is 0. The van der Waals surface area contributed by atoms with E-state index < -0.39 is 0 Å². The summed E-state index contributed by atoms with van der Waals surface area (Å²) in [5.41, 5.74) is 3.41. The molecule has 2 nitrogen and oxygen atoms in total. The molecule has 98 valence electrons. The highest BCUT2D eigenvalue weighted by atomic mass is 15.1. The van der Waals surface area contributed by atoms with Crippen LogP contribution in [0.4, 0.5) is 0 Å². The van der Waals surface area contributed by atoms with E-state index in [1.54, 1.807) is 0 Å². The third kappa shape index (κ3) is 2.26. The minimum absolute atomic E-state index is 0. The highest BCUT2D eigenvalue weighted by molar-refractivity contribution is 5.78. The lowest BCUT2D eigenvalue weighted by molar-refractivity contribution is 0.760. The number of para-hydroxylation sites is 3. The first-order valence-corrected chi connectivity index (χ1v) is 6.30. The first kappa shape index (κ1) is 13.3. The zero-order valence-electron chi connectivity index (χ0n) is 10.7. The van der Waals surface area contributed by atoms with Gasteiger partial charge in [0.05, 0.1) is 11.0 Å². The van der Waals surface area contributed by atoms with Crippen LogP contribution in [-0.4, -0.2) is 9.55 Å². The molecule has 2 heteroatoms. The second-order valence-corrected chi connectivity index (χ2v) is 4.78. The summed E-state index contributed by atoms with van der Waals surface area (Å²) in [6, 6.07) is 18.7. The molecule has 0 aliphatic rings. The predicted octanol–water partition coefficient (Wildman–Crippen LogP) is 4.79. The summed E-state index contributed by atoms with van der Waals surface area (Å²) in [6.45, 7) is 4.36. The second-order valence-electron chi connectivity index (χ2n) is 4.78. The minimum Gasteiger partial charge on any atom is -0.296 e. The standard InChI is InChI=1S/C16H16N2.CH4/c1-12(2)16-17-14-10-6-7-11-15(14)18(16)13-8-4-3-5-9-13;/h3-12H,1-2H3;1H4. The van der Waals surface area contributed by atoms with Gasteiger partial charge in [0, 0.05) is 11.6 Å². The number of hydrogen-bond acceptors (Lipinski definition) is 1. The van der Waals surface area contributed by atoms with E-state index in [1.807, 2.05) is 12.1 Å². The topological polar surface area (TPSA) is 17.8 Å².